The Morgan fingerprint density at radius 3 is 2.56 bits per heavy atom. The van der Waals surface area contributed by atoms with E-state index in [1.54, 1.807) is 12.1 Å². The lowest BCUT2D eigenvalue weighted by atomic mass is 10.2. The summed E-state index contributed by atoms with van der Waals surface area (Å²) in [5.41, 5.74) is 1.44. The molecule has 0 radical (unpaired) electrons. The van der Waals surface area contributed by atoms with Crippen LogP contribution in [0.25, 0.3) is 0 Å². The van der Waals surface area contributed by atoms with Gasteiger partial charge in [0.25, 0.3) is 0 Å². The van der Waals surface area contributed by atoms with E-state index < -0.39 is 0 Å². The van der Waals surface area contributed by atoms with E-state index in [0.717, 1.165) is 10.0 Å². The molecule has 0 saturated heterocycles. The second-order valence-corrected chi connectivity index (χ2v) is 5.81. The van der Waals surface area contributed by atoms with E-state index in [1.165, 1.54) is 6.07 Å². The predicted octanol–water partition coefficient (Wildman–Crippen LogP) is 5.62. The highest BCUT2D eigenvalue weighted by Gasteiger charge is 2.06. The summed E-state index contributed by atoms with van der Waals surface area (Å²) in [6.07, 6.45) is 0. The van der Waals surface area contributed by atoms with Crippen molar-refractivity contribution in [2.24, 2.45) is 0 Å². The van der Waals surface area contributed by atoms with Crippen LogP contribution in [0.3, 0.4) is 0 Å². The van der Waals surface area contributed by atoms with Crippen LogP contribution < -0.4 is 5.32 Å². The Bertz CT molecular complexity index is 555. The zero-order valence-electron chi connectivity index (χ0n) is 9.18. The minimum absolute atomic E-state index is 0.285. The van der Waals surface area contributed by atoms with Gasteiger partial charge in [-0.15, -0.1) is 0 Å². The smallest absolute Gasteiger partial charge is 0.147 e. The molecule has 1 N–H and O–H groups in total. The standard InChI is InChI=1S/C13H9Br2ClFN/c14-9-5-4-8(6-11(9)16)7-18-13-10(15)2-1-3-12(13)17/h1-6,18H,7H2. The summed E-state index contributed by atoms with van der Waals surface area (Å²) in [5, 5.41) is 3.69. The first-order valence-corrected chi connectivity index (χ1v) is 7.16. The molecule has 0 saturated carbocycles. The maximum absolute atomic E-state index is 13.6. The quantitative estimate of drug-likeness (QED) is 0.714. The number of nitrogens with one attached hydrogen (secondary N) is 1. The van der Waals surface area contributed by atoms with Gasteiger partial charge in [0.05, 0.1) is 10.7 Å². The number of para-hydroxylation sites is 1. The third-order valence-electron chi connectivity index (χ3n) is 2.42. The van der Waals surface area contributed by atoms with E-state index in [0.29, 0.717) is 21.7 Å². The van der Waals surface area contributed by atoms with Crippen LogP contribution in [0.5, 0.6) is 0 Å². The highest BCUT2D eigenvalue weighted by atomic mass is 79.9. The van der Waals surface area contributed by atoms with Crippen LogP contribution in [0.4, 0.5) is 10.1 Å². The van der Waals surface area contributed by atoms with Gasteiger partial charge >= 0.3 is 0 Å². The topological polar surface area (TPSA) is 12.0 Å². The normalized spacial score (nSPS) is 10.4. The molecule has 0 fully saturated rings. The molecule has 2 rings (SSSR count). The molecule has 0 unspecified atom stereocenters. The van der Waals surface area contributed by atoms with Crippen molar-refractivity contribution in [3.8, 4) is 0 Å². The molecule has 0 amide bonds. The van der Waals surface area contributed by atoms with Crippen molar-refractivity contribution >= 4 is 49.1 Å². The fourth-order valence-electron chi connectivity index (χ4n) is 1.51. The Balaban J connectivity index is 2.14. The van der Waals surface area contributed by atoms with Crippen LogP contribution in [-0.4, -0.2) is 0 Å². The SMILES string of the molecule is Fc1cccc(Br)c1NCc1ccc(Br)c(Cl)c1. The molecule has 18 heavy (non-hydrogen) atoms. The zero-order valence-corrected chi connectivity index (χ0v) is 13.1. The third-order valence-corrected chi connectivity index (χ3v) is 4.31. The van der Waals surface area contributed by atoms with Crippen LogP contribution in [0.15, 0.2) is 45.3 Å². The maximum Gasteiger partial charge on any atom is 0.147 e. The van der Waals surface area contributed by atoms with Gasteiger partial charge < -0.3 is 5.32 Å². The number of rotatable bonds is 3. The molecule has 0 aromatic heterocycles. The average Bonchev–Trinajstić information content (AvgIpc) is 2.33. The van der Waals surface area contributed by atoms with Gasteiger partial charge in [0.1, 0.15) is 5.82 Å². The molecule has 0 spiro atoms. The third kappa shape index (κ3) is 3.25. The Hall–Kier alpha value is -0.580. The van der Waals surface area contributed by atoms with E-state index in [4.69, 9.17) is 11.6 Å². The highest BCUT2D eigenvalue weighted by molar-refractivity contribution is 9.11. The van der Waals surface area contributed by atoms with Crippen LogP contribution in [0, 0.1) is 5.82 Å². The van der Waals surface area contributed by atoms with E-state index in [1.807, 2.05) is 18.2 Å². The minimum atomic E-state index is -0.285. The summed E-state index contributed by atoms with van der Waals surface area (Å²) in [6, 6.07) is 10.5. The maximum atomic E-state index is 13.6. The molecule has 5 heteroatoms. The molecule has 94 valence electrons. The number of anilines is 1. The van der Waals surface area contributed by atoms with E-state index in [9.17, 15) is 4.39 Å². The number of benzene rings is 2. The lowest BCUT2D eigenvalue weighted by Gasteiger charge is -2.10. The fraction of sp³-hybridized carbons (Fsp3) is 0.0769. The Morgan fingerprint density at radius 2 is 1.89 bits per heavy atom. The lowest BCUT2D eigenvalue weighted by molar-refractivity contribution is 0.629. The van der Waals surface area contributed by atoms with Gasteiger partial charge in [0, 0.05) is 15.5 Å². The van der Waals surface area contributed by atoms with Crippen molar-refractivity contribution in [3.63, 3.8) is 0 Å². The Kier molecular flexibility index (Phi) is 4.65. The molecule has 0 aliphatic rings. The first-order chi connectivity index (χ1) is 8.58. The summed E-state index contributed by atoms with van der Waals surface area (Å²) in [7, 11) is 0. The van der Waals surface area contributed by atoms with Crippen LogP contribution in [-0.2, 0) is 6.54 Å². The van der Waals surface area contributed by atoms with Crippen LogP contribution >= 0.6 is 43.5 Å². The molecule has 1 nitrogen and oxygen atoms in total. The number of hydrogen-bond donors (Lipinski definition) is 1. The molecule has 2 aromatic rings. The highest BCUT2D eigenvalue weighted by Crippen LogP contribution is 2.27. The second kappa shape index (κ2) is 6.04. The minimum Gasteiger partial charge on any atom is -0.378 e. The molecule has 2 aromatic carbocycles. The molecule has 0 atom stereocenters. The fourth-order valence-corrected chi connectivity index (χ4v) is 2.44. The van der Waals surface area contributed by atoms with Gasteiger partial charge in [-0.3, -0.25) is 0 Å². The van der Waals surface area contributed by atoms with Gasteiger partial charge in [-0.25, -0.2) is 4.39 Å². The Labute approximate surface area is 127 Å². The largest absolute Gasteiger partial charge is 0.378 e. The van der Waals surface area contributed by atoms with Crippen LogP contribution in [0.2, 0.25) is 5.02 Å². The molecular formula is C13H9Br2ClFN. The van der Waals surface area contributed by atoms with Crippen molar-refractivity contribution in [1.82, 2.24) is 0 Å². The number of hydrogen-bond acceptors (Lipinski definition) is 1. The predicted molar refractivity (Wildman–Crippen MR) is 80.6 cm³/mol. The van der Waals surface area contributed by atoms with Crippen molar-refractivity contribution in [2.75, 3.05) is 5.32 Å². The van der Waals surface area contributed by atoms with Gasteiger partial charge in [0.2, 0.25) is 0 Å². The molecule has 0 bridgehead atoms. The summed E-state index contributed by atoms with van der Waals surface area (Å²) >= 11 is 12.6. The molecule has 0 aliphatic carbocycles. The van der Waals surface area contributed by atoms with Crippen LogP contribution in [0.1, 0.15) is 5.56 Å². The van der Waals surface area contributed by atoms with Gasteiger partial charge in [-0.05, 0) is 61.7 Å². The molecule has 0 heterocycles. The monoisotopic (exact) mass is 391 g/mol. The average molecular weight is 393 g/mol. The van der Waals surface area contributed by atoms with E-state index in [2.05, 4.69) is 37.2 Å². The molecular weight excluding hydrogens is 384 g/mol. The van der Waals surface area contributed by atoms with Crippen molar-refractivity contribution in [2.45, 2.75) is 6.54 Å². The second-order valence-electron chi connectivity index (χ2n) is 3.70. The summed E-state index contributed by atoms with van der Waals surface area (Å²) in [6.45, 7) is 0.506. The summed E-state index contributed by atoms with van der Waals surface area (Å²) in [4.78, 5) is 0. The van der Waals surface area contributed by atoms with Crippen molar-refractivity contribution in [3.05, 3.63) is 61.7 Å². The van der Waals surface area contributed by atoms with E-state index in [-0.39, 0.29) is 5.82 Å². The Morgan fingerprint density at radius 1 is 1.11 bits per heavy atom. The van der Waals surface area contributed by atoms with Gasteiger partial charge in [-0.1, -0.05) is 23.7 Å². The number of halogens is 4. The summed E-state index contributed by atoms with van der Waals surface area (Å²) in [5.74, 6) is -0.285. The zero-order chi connectivity index (χ0) is 13.1. The van der Waals surface area contributed by atoms with E-state index >= 15 is 0 Å². The van der Waals surface area contributed by atoms with Crippen molar-refractivity contribution in [1.29, 1.82) is 0 Å². The first-order valence-electron chi connectivity index (χ1n) is 5.20. The summed E-state index contributed by atoms with van der Waals surface area (Å²) < 4.78 is 15.1. The first kappa shape index (κ1) is 13.8. The lowest BCUT2D eigenvalue weighted by Crippen LogP contribution is -2.02. The molecule has 0 aliphatic heterocycles. The van der Waals surface area contributed by atoms with Gasteiger partial charge in [-0.2, -0.15) is 0 Å². The van der Waals surface area contributed by atoms with Gasteiger partial charge in [0.15, 0.2) is 0 Å². The van der Waals surface area contributed by atoms with Crippen molar-refractivity contribution < 1.29 is 4.39 Å².